The zero-order valence-corrected chi connectivity index (χ0v) is 5.83. The first kappa shape index (κ1) is 8.88. The summed E-state index contributed by atoms with van der Waals surface area (Å²) in [6, 6.07) is 0. The van der Waals surface area contributed by atoms with Crippen molar-refractivity contribution in [3.63, 3.8) is 0 Å². The molecule has 0 fully saturated rings. The molecule has 0 aromatic heterocycles. The van der Waals surface area contributed by atoms with Gasteiger partial charge in [0.25, 0.3) is 0 Å². The standard InChI is InChI=1S/C6H14O3/c1-6(2,9)5(8)3-4-7/h5,7-9H,3-4H2,1-2H3/t5-/m1/s1. The highest BCUT2D eigenvalue weighted by atomic mass is 16.3. The molecule has 9 heavy (non-hydrogen) atoms. The highest BCUT2D eigenvalue weighted by Crippen LogP contribution is 2.10. The second-order valence-corrected chi connectivity index (χ2v) is 2.68. The zero-order chi connectivity index (χ0) is 7.49. The van der Waals surface area contributed by atoms with Crippen LogP contribution in [-0.4, -0.2) is 33.6 Å². The van der Waals surface area contributed by atoms with E-state index in [0.29, 0.717) is 0 Å². The first-order valence-electron chi connectivity index (χ1n) is 2.99. The topological polar surface area (TPSA) is 60.7 Å². The molecule has 0 saturated heterocycles. The summed E-state index contributed by atoms with van der Waals surface area (Å²) >= 11 is 0. The second-order valence-electron chi connectivity index (χ2n) is 2.68. The lowest BCUT2D eigenvalue weighted by molar-refractivity contribution is -0.0569. The summed E-state index contributed by atoms with van der Waals surface area (Å²) < 4.78 is 0. The average Bonchev–Trinajstić information content (AvgIpc) is 1.64. The maximum Gasteiger partial charge on any atom is 0.0850 e. The molecule has 0 aliphatic rings. The maximum absolute atomic E-state index is 9.06. The van der Waals surface area contributed by atoms with Gasteiger partial charge in [0.15, 0.2) is 0 Å². The van der Waals surface area contributed by atoms with Crippen LogP contribution < -0.4 is 0 Å². The van der Waals surface area contributed by atoms with Gasteiger partial charge >= 0.3 is 0 Å². The van der Waals surface area contributed by atoms with E-state index in [-0.39, 0.29) is 13.0 Å². The van der Waals surface area contributed by atoms with Gasteiger partial charge in [0, 0.05) is 6.61 Å². The van der Waals surface area contributed by atoms with Gasteiger partial charge in [-0.05, 0) is 20.3 Å². The van der Waals surface area contributed by atoms with Crippen LogP contribution in [0.2, 0.25) is 0 Å². The molecule has 0 spiro atoms. The molecule has 0 heterocycles. The summed E-state index contributed by atoms with van der Waals surface area (Å²) in [7, 11) is 0. The van der Waals surface area contributed by atoms with Crippen LogP contribution in [0.25, 0.3) is 0 Å². The predicted molar refractivity (Wildman–Crippen MR) is 34.0 cm³/mol. The molecule has 3 N–H and O–H groups in total. The molecule has 0 bridgehead atoms. The summed E-state index contributed by atoms with van der Waals surface area (Å²) in [5.41, 5.74) is -1.09. The van der Waals surface area contributed by atoms with Crippen molar-refractivity contribution in [1.82, 2.24) is 0 Å². The number of rotatable bonds is 3. The number of hydrogen-bond donors (Lipinski definition) is 3. The van der Waals surface area contributed by atoms with Crippen LogP contribution in [0.4, 0.5) is 0 Å². The fourth-order valence-electron chi connectivity index (χ4n) is 0.476. The molecule has 0 rings (SSSR count). The minimum atomic E-state index is -1.09. The van der Waals surface area contributed by atoms with Gasteiger partial charge in [-0.2, -0.15) is 0 Å². The van der Waals surface area contributed by atoms with Crippen molar-refractivity contribution >= 4 is 0 Å². The normalized spacial score (nSPS) is 15.7. The monoisotopic (exact) mass is 134 g/mol. The van der Waals surface area contributed by atoms with Crippen molar-refractivity contribution in [3.05, 3.63) is 0 Å². The van der Waals surface area contributed by atoms with Crippen molar-refractivity contribution in [3.8, 4) is 0 Å². The van der Waals surface area contributed by atoms with Gasteiger partial charge in [-0.25, -0.2) is 0 Å². The van der Waals surface area contributed by atoms with Crippen LogP contribution in [0.1, 0.15) is 20.3 Å². The molecule has 56 valence electrons. The Hall–Kier alpha value is -0.120. The largest absolute Gasteiger partial charge is 0.396 e. The van der Waals surface area contributed by atoms with E-state index in [9.17, 15) is 0 Å². The van der Waals surface area contributed by atoms with Crippen LogP contribution >= 0.6 is 0 Å². The molecular weight excluding hydrogens is 120 g/mol. The van der Waals surface area contributed by atoms with E-state index in [2.05, 4.69) is 0 Å². The lowest BCUT2D eigenvalue weighted by atomic mass is 10.00. The molecule has 3 nitrogen and oxygen atoms in total. The highest BCUT2D eigenvalue weighted by molar-refractivity contribution is 4.75. The Labute approximate surface area is 54.9 Å². The summed E-state index contributed by atoms with van der Waals surface area (Å²) in [5.74, 6) is 0. The SMILES string of the molecule is CC(C)(O)[C@H](O)CCO. The van der Waals surface area contributed by atoms with Crippen LogP contribution in [0.3, 0.4) is 0 Å². The molecule has 0 aliphatic heterocycles. The minimum absolute atomic E-state index is 0.0921. The van der Waals surface area contributed by atoms with Crippen molar-refractivity contribution < 1.29 is 15.3 Å². The maximum atomic E-state index is 9.06. The molecule has 0 amide bonds. The molecule has 0 aromatic rings. The third kappa shape index (κ3) is 3.46. The first-order chi connectivity index (χ1) is 3.98. The minimum Gasteiger partial charge on any atom is -0.396 e. The van der Waals surface area contributed by atoms with Crippen LogP contribution in [0.5, 0.6) is 0 Å². The lowest BCUT2D eigenvalue weighted by Crippen LogP contribution is -2.36. The molecule has 0 unspecified atom stereocenters. The van der Waals surface area contributed by atoms with Crippen molar-refractivity contribution in [2.75, 3.05) is 6.61 Å². The van der Waals surface area contributed by atoms with Crippen LogP contribution in [0, 0.1) is 0 Å². The fraction of sp³-hybridized carbons (Fsp3) is 1.00. The summed E-state index contributed by atoms with van der Waals surface area (Å²) in [6.07, 6.45) is -0.605. The van der Waals surface area contributed by atoms with Gasteiger partial charge in [-0.15, -0.1) is 0 Å². The zero-order valence-electron chi connectivity index (χ0n) is 5.83. The Morgan fingerprint density at radius 1 is 1.44 bits per heavy atom. The molecule has 0 aromatic carbocycles. The Bertz CT molecular complexity index is 74.9. The van der Waals surface area contributed by atoms with Crippen LogP contribution in [-0.2, 0) is 0 Å². The van der Waals surface area contributed by atoms with Gasteiger partial charge < -0.3 is 15.3 Å². The van der Waals surface area contributed by atoms with Crippen molar-refractivity contribution in [1.29, 1.82) is 0 Å². The quantitative estimate of drug-likeness (QED) is 0.487. The van der Waals surface area contributed by atoms with Gasteiger partial charge in [-0.1, -0.05) is 0 Å². The number of aliphatic hydroxyl groups excluding tert-OH is 2. The molecule has 0 saturated carbocycles. The van der Waals surface area contributed by atoms with E-state index in [1.165, 1.54) is 13.8 Å². The van der Waals surface area contributed by atoms with Crippen molar-refractivity contribution in [2.24, 2.45) is 0 Å². The average molecular weight is 134 g/mol. The van der Waals surface area contributed by atoms with Gasteiger partial charge in [0.2, 0.25) is 0 Å². The molecule has 0 radical (unpaired) electrons. The van der Waals surface area contributed by atoms with Gasteiger partial charge in [-0.3, -0.25) is 0 Å². The summed E-state index contributed by atoms with van der Waals surface area (Å²) in [4.78, 5) is 0. The van der Waals surface area contributed by atoms with E-state index in [0.717, 1.165) is 0 Å². The van der Waals surface area contributed by atoms with Gasteiger partial charge in [0.05, 0.1) is 11.7 Å². The van der Waals surface area contributed by atoms with Crippen molar-refractivity contribution in [2.45, 2.75) is 32.0 Å². The lowest BCUT2D eigenvalue weighted by Gasteiger charge is -2.23. The Balaban J connectivity index is 3.59. The number of hydrogen-bond acceptors (Lipinski definition) is 3. The van der Waals surface area contributed by atoms with E-state index in [1.807, 2.05) is 0 Å². The predicted octanol–water partition coefficient (Wildman–Crippen LogP) is -0.499. The first-order valence-corrected chi connectivity index (χ1v) is 2.99. The Morgan fingerprint density at radius 2 is 1.89 bits per heavy atom. The van der Waals surface area contributed by atoms with E-state index in [4.69, 9.17) is 15.3 Å². The van der Waals surface area contributed by atoms with Gasteiger partial charge in [0.1, 0.15) is 0 Å². The summed E-state index contributed by atoms with van der Waals surface area (Å²) in [6.45, 7) is 2.92. The molecule has 3 heteroatoms. The molecule has 1 atom stereocenters. The molecular formula is C6H14O3. The van der Waals surface area contributed by atoms with E-state index in [1.54, 1.807) is 0 Å². The Kier molecular flexibility index (Phi) is 3.11. The smallest absolute Gasteiger partial charge is 0.0850 e. The van der Waals surface area contributed by atoms with E-state index >= 15 is 0 Å². The number of aliphatic hydroxyl groups is 3. The van der Waals surface area contributed by atoms with Crippen LogP contribution in [0.15, 0.2) is 0 Å². The Morgan fingerprint density at radius 3 is 2.00 bits per heavy atom. The molecule has 0 aliphatic carbocycles. The summed E-state index contributed by atoms with van der Waals surface area (Å²) in [5, 5.41) is 26.4. The third-order valence-corrected chi connectivity index (χ3v) is 1.22. The second kappa shape index (κ2) is 3.15. The third-order valence-electron chi connectivity index (χ3n) is 1.22. The van der Waals surface area contributed by atoms with E-state index < -0.39 is 11.7 Å². The highest BCUT2D eigenvalue weighted by Gasteiger charge is 2.23. The fourth-order valence-corrected chi connectivity index (χ4v) is 0.476.